The molecule has 0 radical (unpaired) electrons. The Kier molecular flexibility index (Phi) is 5.29. The van der Waals surface area contributed by atoms with E-state index in [4.69, 9.17) is 0 Å². The summed E-state index contributed by atoms with van der Waals surface area (Å²) in [5.41, 5.74) is 15.5. The number of fused-ring (bicyclic) bond motifs is 14. The predicted octanol–water partition coefficient (Wildman–Crippen LogP) is 12.9. The number of thiophene rings is 1. The first-order chi connectivity index (χ1) is 23.8. The van der Waals surface area contributed by atoms with E-state index in [-0.39, 0.29) is 5.41 Å². The summed E-state index contributed by atoms with van der Waals surface area (Å²) in [7, 11) is 0. The summed E-state index contributed by atoms with van der Waals surface area (Å²) < 4.78 is 2.68. The molecule has 8 aromatic carbocycles. The Morgan fingerprint density at radius 3 is 1.71 bits per heavy atom. The molecule has 0 saturated carbocycles. The fourth-order valence-corrected chi connectivity index (χ4v) is 9.86. The number of hydrogen-bond donors (Lipinski definition) is 0. The summed E-state index contributed by atoms with van der Waals surface area (Å²) in [6.45, 7) is 0. The van der Waals surface area contributed by atoms with E-state index in [2.05, 4.69) is 170 Å². The van der Waals surface area contributed by atoms with E-state index in [1.54, 1.807) is 0 Å². The molecular formula is C47H28S. The zero-order valence-electron chi connectivity index (χ0n) is 26.1. The summed E-state index contributed by atoms with van der Waals surface area (Å²) >= 11 is 1.88. The fraction of sp³-hybridized carbons (Fsp3) is 0.0213. The van der Waals surface area contributed by atoms with Gasteiger partial charge in [-0.2, -0.15) is 0 Å². The number of hydrogen-bond acceptors (Lipinski definition) is 1. The molecule has 0 fully saturated rings. The fourth-order valence-electron chi connectivity index (χ4n) is 8.77. The van der Waals surface area contributed by atoms with Crippen molar-refractivity contribution >= 4 is 42.3 Å². The van der Waals surface area contributed by atoms with Gasteiger partial charge in [0.1, 0.15) is 0 Å². The van der Waals surface area contributed by atoms with Crippen molar-refractivity contribution in [1.29, 1.82) is 0 Å². The van der Waals surface area contributed by atoms with Crippen LogP contribution in [0.3, 0.4) is 0 Å². The smallest absolute Gasteiger partial charge is 0.0725 e. The minimum Gasteiger partial charge on any atom is -0.135 e. The molecule has 1 heteroatoms. The van der Waals surface area contributed by atoms with Crippen LogP contribution in [0.25, 0.3) is 75.5 Å². The average Bonchev–Trinajstić information content (AvgIpc) is 3.77. The Balaban J connectivity index is 1.20. The van der Waals surface area contributed by atoms with E-state index in [0.717, 1.165) is 0 Å². The van der Waals surface area contributed by atoms with Gasteiger partial charge in [-0.25, -0.2) is 0 Å². The maximum atomic E-state index is 2.48. The molecule has 0 aliphatic heterocycles. The molecule has 0 amide bonds. The largest absolute Gasteiger partial charge is 0.135 e. The predicted molar refractivity (Wildman–Crippen MR) is 204 cm³/mol. The van der Waals surface area contributed by atoms with E-state index in [1.165, 1.54) is 97.7 Å². The van der Waals surface area contributed by atoms with E-state index in [9.17, 15) is 0 Å². The molecule has 0 N–H and O–H groups in total. The van der Waals surface area contributed by atoms with E-state index in [0.29, 0.717) is 0 Å². The average molecular weight is 625 g/mol. The van der Waals surface area contributed by atoms with Crippen molar-refractivity contribution in [2.75, 3.05) is 0 Å². The Bertz CT molecular complexity index is 2780. The third-order valence-electron chi connectivity index (χ3n) is 10.9. The molecule has 0 nitrogen and oxygen atoms in total. The molecule has 0 bridgehead atoms. The van der Waals surface area contributed by atoms with Crippen molar-refractivity contribution in [3.8, 4) is 44.5 Å². The van der Waals surface area contributed by atoms with Crippen LogP contribution in [-0.4, -0.2) is 0 Å². The first-order valence-corrected chi connectivity index (χ1v) is 17.5. The Labute approximate surface area is 283 Å². The lowest BCUT2D eigenvalue weighted by Crippen LogP contribution is -2.25. The molecule has 1 heterocycles. The zero-order valence-corrected chi connectivity index (χ0v) is 26.9. The lowest BCUT2D eigenvalue weighted by atomic mass is 9.70. The van der Waals surface area contributed by atoms with Gasteiger partial charge < -0.3 is 0 Å². The van der Waals surface area contributed by atoms with Crippen LogP contribution in [0.15, 0.2) is 170 Å². The quantitative estimate of drug-likeness (QED) is 0.179. The monoisotopic (exact) mass is 624 g/mol. The van der Waals surface area contributed by atoms with Crippen molar-refractivity contribution in [1.82, 2.24) is 0 Å². The number of rotatable bonds is 2. The molecule has 1 unspecified atom stereocenters. The van der Waals surface area contributed by atoms with Gasteiger partial charge in [0.25, 0.3) is 0 Å². The molecular weight excluding hydrogens is 597 g/mol. The van der Waals surface area contributed by atoms with Gasteiger partial charge in [-0.05, 0) is 120 Å². The number of benzene rings is 8. The molecule has 11 rings (SSSR count). The van der Waals surface area contributed by atoms with Crippen LogP contribution in [0, 0.1) is 0 Å². The SMILES string of the molecule is c1ccc(-c2ccc3c(c2)-c2ccccc2C32c3ccc(-c4ccc5sc6ccccc6c5c4)cc3-c3cc4ccccc4cc32)cc1. The molecule has 48 heavy (non-hydrogen) atoms. The van der Waals surface area contributed by atoms with Crippen LogP contribution in [0.4, 0.5) is 0 Å². The van der Waals surface area contributed by atoms with Crippen LogP contribution in [-0.2, 0) is 5.41 Å². The van der Waals surface area contributed by atoms with Gasteiger partial charge in [-0.15, -0.1) is 11.3 Å². The Morgan fingerprint density at radius 1 is 0.312 bits per heavy atom. The molecule has 0 saturated heterocycles. The summed E-state index contributed by atoms with van der Waals surface area (Å²) in [6.07, 6.45) is 0. The summed E-state index contributed by atoms with van der Waals surface area (Å²) in [6, 6.07) is 63.8. The van der Waals surface area contributed by atoms with Crippen molar-refractivity contribution in [3.63, 3.8) is 0 Å². The third kappa shape index (κ3) is 3.44. The first-order valence-electron chi connectivity index (χ1n) is 16.7. The maximum Gasteiger partial charge on any atom is 0.0725 e. The maximum absolute atomic E-state index is 2.48. The second-order valence-corrected chi connectivity index (χ2v) is 14.3. The second kappa shape index (κ2) is 9.64. The first kappa shape index (κ1) is 26.3. The third-order valence-corrected chi connectivity index (χ3v) is 12.0. The minimum atomic E-state index is -0.387. The molecule has 2 aliphatic carbocycles. The normalized spacial score (nSPS) is 15.6. The van der Waals surface area contributed by atoms with Crippen LogP contribution in [0.2, 0.25) is 0 Å². The molecule has 1 aromatic heterocycles. The molecule has 2 aliphatic rings. The summed E-state index contributed by atoms with van der Waals surface area (Å²) in [4.78, 5) is 0. The molecule has 9 aromatic rings. The van der Waals surface area contributed by atoms with Crippen molar-refractivity contribution in [3.05, 3.63) is 192 Å². The van der Waals surface area contributed by atoms with Gasteiger partial charge in [0, 0.05) is 20.2 Å². The van der Waals surface area contributed by atoms with Crippen LogP contribution in [0.1, 0.15) is 22.3 Å². The highest BCUT2D eigenvalue weighted by molar-refractivity contribution is 7.25. The van der Waals surface area contributed by atoms with Crippen molar-refractivity contribution in [2.45, 2.75) is 5.41 Å². The Hall–Kier alpha value is -5.76. The topological polar surface area (TPSA) is 0 Å². The van der Waals surface area contributed by atoms with Crippen molar-refractivity contribution < 1.29 is 0 Å². The second-order valence-electron chi connectivity index (χ2n) is 13.2. The standard InChI is InChI=1S/C47H28S/c1-2-10-29(11-3-1)32-18-21-42-37(25-32)35-14-6-8-16-41(35)47(42)43-22-19-33(26-38(43)39-24-30-12-4-5-13-31(30)28-44(39)47)34-20-23-46-40(27-34)36-15-7-9-17-45(36)48-46/h1-28H. The minimum absolute atomic E-state index is 0.387. The lowest BCUT2D eigenvalue weighted by Gasteiger charge is -2.30. The highest BCUT2D eigenvalue weighted by Gasteiger charge is 2.51. The summed E-state index contributed by atoms with van der Waals surface area (Å²) in [5.74, 6) is 0. The zero-order chi connectivity index (χ0) is 31.4. The van der Waals surface area contributed by atoms with Crippen molar-refractivity contribution in [2.24, 2.45) is 0 Å². The van der Waals surface area contributed by atoms with Crippen LogP contribution >= 0.6 is 11.3 Å². The van der Waals surface area contributed by atoms with E-state index >= 15 is 0 Å². The Morgan fingerprint density at radius 2 is 0.875 bits per heavy atom. The van der Waals surface area contributed by atoms with E-state index in [1.807, 2.05) is 11.3 Å². The summed E-state index contributed by atoms with van der Waals surface area (Å²) in [5, 5.41) is 5.24. The van der Waals surface area contributed by atoms with E-state index < -0.39 is 0 Å². The van der Waals surface area contributed by atoms with Gasteiger partial charge in [0.05, 0.1) is 5.41 Å². The van der Waals surface area contributed by atoms with Crippen LogP contribution < -0.4 is 0 Å². The lowest BCUT2D eigenvalue weighted by molar-refractivity contribution is 0.795. The van der Waals surface area contributed by atoms with Gasteiger partial charge in [-0.1, -0.05) is 127 Å². The van der Waals surface area contributed by atoms with Gasteiger partial charge >= 0.3 is 0 Å². The highest BCUT2D eigenvalue weighted by Crippen LogP contribution is 2.63. The molecule has 222 valence electrons. The van der Waals surface area contributed by atoms with Gasteiger partial charge in [0.2, 0.25) is 0 Å². The highest BCUT2D eigenvalue weighted by atomic mass is 32.1. The van der Waals surface area contributed by atoms with Crippen LogP contribution in [0.5, 0.6) is 0 Å². The molecule has 1 atom stereocenters. The van der Waals surface area contributed by atoms with Gasteiger partial charge in [-0.3, -0.25) is 0 Å². The van der Waals surface area contributed by atoms with Gasteiger partial charge in [0.15, 0.2) is 0 Å². The molecule has 1 spiro atoms.